The van der Waals surface area contributed by atoms with Crippen molar-refractivity contribution in [2.75, 3.05) is 16.8 Å². The number of carbonyl (C=O) groups excluding carboxylic acids is 2. The van der Waals surface area contributed by atoms with Crippen LogP contribution >= 0.6 is 39.9 Å². The van der Waals surface area contributed by atoms with Gasteiger partial charge in [-0.25, -0.2) is 0 Å². The van der Waals surface area contributed by atoms with E-state index in [1.807, 2.05) is 48.5 Å². The van der Waals surface area contributed by atoms with Crippen LogP contribution in [-0.2, 0) is 9.59 Å². The lowest BCUT2D eigenvalue weighted by Gasteiger charge is -2.14. The van der Waals surface area contributed by atoms with E-state index in [2.05, 4.69) is 15.9 Å². The average molecular weight is 431 g/mol. The number of thioether (sulfide) groups is 1. The monoisotopic (exact) mass is 430 g/mol. The first-order valence-electron chi connectivity index (χ1n) is 7.42. The number of anilines is 2. The lowest BCUT2D eigenvalue weighted by molar-refractivity contribution is -0.115. The van der Waals surface area contributed by atoms with Crippen LogP contribution in [0.5, 0.6) is 0 Å². The van der Waals surface area contributed by atoms with Crippen molar-refractivity contribution in [2.24, 2.45) is 0 Å². The molecule has 2 aliphatic heterocycles. The highest BCUT2D eigenvalue weighted by Gasteiger charge is 2.41. The zero-order chi connectivity index (χ0) is 17.7. The molecular formula is C18H11BrN2O2S2. The standard InChI is InChI=1S/C18H11BrN2O2S2/c1-20-13-8-7-10(19)9-12(13)14(16(20)22)15-17(23)21(18(24)25-15)11-5-3-2-4-6-11/h2-9H,1H3. The first kappa shape index (κ1) is 16.5. The average Bonchev–Trinajstić information content (AvgIpc) is 3.02. The predicted molar refractivity (Wildman–Crippen MR) is 109 cm³/mol. The molecule has 124 valence electrons. The summed E-state index contributed by atoms with van der Waals surface area (Å²) in [5.41, 5.74) is 2.65. The van der Waals surface area contributed by atoms with E-state index in [-0.39, 0.29) is 11.8 Å². The fourth-order valence-electron chi connectivity index (χ4n) is 2.93. The van der Waals surface area contributed by atoms with Gasteiger partial charge in [-0.1, -0.05) is 58.1 Å². The van der Waals surface area contributed by atoms with Crippen molar-refractivity contribution < 1.29 is 9.59 Å². The molecule has 0 unspecified atom stereocenters. The van der Waals surface area contributed by atoms with Gasteiger partial charge in [-0.2, -0.15) is 0 Å². The van der Waals surface area contributed by atoms with Crippen LogP contribution in [0.25, 0.3) is 5.57 Å². The number of likely N-dealkylation sites (N-methyl/N-ethyl adjacent to an activating group) is 1. The molecule has 2 aromatic carbocycles. The van der Waals surface area contributed by atoms with Crippen LogP contribution < -0.4 is 9.80 Å². The Balaban J connectivity index is 1.88. The molecule has 7 heteroatoms. The second-order valence-corrected chi connectivity index (χ2v) is 8.13. The third-order valence-corrected chi connectivity index (χ3v) is 5.98. The minimum Gasteiger partial charge on any atom is -0.311 e. The number of thiocarbonyl (C=S) groups is 1. The predicted octanol–water partition coefficient (Wildman–Crippen LogP) is 4.20. The molecule has 4 rings (SSSR count). The summed E-state index contributed by atoms with van der Waals surface area (Å²) in [6.45, 7) is 0. The van der Waals surface area contributed by atoms with Crippen LogP contribution in [0.3, 0.4) is 0 Å². The van der Waals surface area contributed by atoms with Crippen LogP contribution in [-0.4, -0.2) is 23.2 Å². The van der Waals surface area contributed by atoms with E-state index in [1.54, 1.807) is 11.9 Å². The summed E-state index contributed by atoms with van der Waals surface area (Å²) in [4.78, 5) is 29.2. The van der Waals surface area contributed by atoms with Crippen molar-refractivity contribution in [2.45, 2.75) is 0 Å². The molecule has 2 amide bonds. The van der Waals surface area contributed by atoms with Gasteiger partial charge in [0.15, 0.2) is 4.32 Å². The van der Waals surface area contributed by atoms with Crippen LogP contribution in [0.15, 0.2) is 57.9 Å². The van der Waals surface area contributed by atoms with Crippen LogP contribution in [0, 0.1) is 0 Å². The largest absolute Gasteiger partial charge is 0.311 e. The maximum absolute atomic E-state index is 13.0. The van der Waals surface area contributed by atoms with E-state index >= 15 is 0 Å². The molecular weight excluding hydrogens is 420 g/mol. The van der Waals surface area contributed by atoms with Gasteiger partial charge in [0, 0.05) is 17.1 Å². The molecule has 0 saturated carbocycles. The van der Waals surface area contributed by atoms with E-state index in [1.165, 1.54) is 16.7 Å². The topological polar surface area (TPSA) is 40.6 Å². The molecule has 2 heterocycles. The molecule has 0 radical (unpaired) electrons. The molecule has 1 saturated heterocycles. The summed E-state index contributed by atoms with van der Waals surface area (Å²) in [7, 11) is 1.71. The van der Waals surface area contributed by atoms with Gasteiger partial charge in [0.25, 0.3) is 11.8 Å². The molecule has 0 bridgehead atoms. The lowest BCUT2D eigenvalue weighted by atomic mass is 10.1. The summed E-state index contributed by atoms with van der Waals surface area (Å²) in [6, 6.07) is 14.8. The molecule has 0 aromatic heterocycles. The summed E-state index contributed by atoms with van der Waals surface area (Å²) in [5.74, 6) is -0.451. The number of carbonyl (C=O) groups is 2. The van der Waals surface area contributed by atoms with Gasteiger partial charge in [0.2, 0.25) is 0 Å². The van der Waals surface area contributed by atoms with E-state index in [0.717, 1.165) is 15.7 Å². The van der Waals surface area contributed by atoms with Crippen molar-refractivity contribution >= 4 is 73.0 Å². The highest BCUT2D eigenvalue weighted by molar-refractivity contribution is 9.10. The Kier molecular flexibility index (Phi) is 4.02. The number of benzene rings is 2. The lowest BCUT2D eigenvalue weighted by Crippen LogP contribution is -2.28. The van der Waals surface area contributed by atoms with Gasteiger partial charge in [0.05, 0.1) is 21.9 Å². The molecule has 2 aliphatic rings. The van der Waals surface area contributed by atoms with Gasteiger partial charge in [-0.3, -0.25) is 14.5 Å². The van der Waals surface area contributed by atoms with E-state index in [0.29, 0.717) is 20.5 Å². The highest BCUT2D eigenvalue weighted by Crippen LogP contribution is 2.45. The van der Waals surface area contributed by atoms with Crippen molar-refractivity contribution in [1.82, 2.24) is 0 Å². The quantitative estimate of drug-likeness (QED) is 0.501. The van der Waals surface area contributed by atoms with Crippen LogP contribution in [0.4, 0.5) is 11.4 Å². The number of amides is 2. The van der Waals surface area contributed by atoms with Crippen molar-refractivity contribution in [3.8, 4) is 0 Å². The number of nitrogens with zero attached hydrogens (tertiary/aromatic N) is 2. The third-order valence-electron chi connectivity index (χ3n) is 4.12. The number of halogens is 1. The summed E-state index contributed by atoms with van der Waals surface area (Å²) < 4.78 is 1.28. The SMILES string of the molecule is CN1C(=O)C(=C2SC(=S)N(c3ccccc3)C2=O)c2cc(Br)ccc21. The van der Waals surface area contributed by atoms with Crippen LogP contribution in [0.2, 0.25) is 0 Å². The first-order valence-corrected chi connectivity index (χ1v) is 9.44. The number of hydrogen-bond donors (Lipinski definition) is 0. The normalized spacial score (nSPS) is 19.8. The summed E-state index contributed by atoms with van der Waals surface area (Å²) in [5, 5.41) is 0. The van der Waals surface area contributed by atoms with Gasteiger partial charge in [-0.05, 0) is 30.3 Å². The van der Waals surface area contributed by atoms with Gasteiger partial charge in [-0.15, -0.1) is 0 Å². The number of para-hydroxylation sites is 1. The van der Waals surface area contributed by atoms with Gasteiger partial charge < -0.3 is 4.90 Å². The number of hydrogen-bond acceptors (Lipinski definition) is 4. The molecule has 1 fully saturated rings. The highest BCUT2D eigenvalue weighted by atomic mass is 79.9. The fourth-order valence-corrected chi connectivity index (χ4v) is 4.66. The Morgan fingerprint density at radius 1 is 1.04 bits per heavy atom. The minimum absolute atomic E-state index is 0.193. The molecule has 0 spiro atoms. The second-order valence-electron chi connectivity index (χ2n) is 5.57. The zero-order valence-electron chi connectivity index (χ0n) is 13.0. The Labute approximate surface area is 162 Å². The molecule has 2 aromatic rings. The number of rotatable bonds is 1. The Morgan fingerprint density at radius 3 is 2.48 bits per heavy atom. The Bertz CT molecular complexity index is 972. The van der Waals surface area contributed by atoms with Crippen molar-refractivity contribution in [3.05, 3.63) is 63.5 Å². The van der Waals surface area contributed by atoms with Crippen molar-refractivity contribution in [3.63, 3.8) is 0 Å². The maximum Gasteiger partial charge on any atom is 0.271 e. The second kappa shape index (κ2) is 6.09. The molecule has 0 N–H and O–H groups in total. The summed E-state index contributed by atoms with van der Waals surface area (Å²) >= 11 is 10.0. The molecule has 25 heavy (non-hydrogen) atoms. The van der Waals surface area contributed by atoms with E-state index in [9.17, 15) is 9.59 Å². The van der Waals surface area contributed by atoms with Gasteiger partial charge in [0.1, 0.15) is 0 Å². The third kappa shape index (κ3) is 2.54. The molecule has 0 atom stereocenters. The smallest absolute Gasteiger partial charge is 0.271 e. The minimum atomic E-state index is -0.259. The van der Waals surface area contributed by atoms with E-state index in [4.69, 9.17) is 12.2 Å². The number of fused-ring (bicyclic) bond motifs is 1. The summed E-state index contributed by atoms with van der Waals surface area (Å²) in [6.07, 6.45) is 0. The zero-order valence-corrected chi connectivity index (χ0v) is 16.2. The van der Waals surface area contributed by atoms with Gasteiger partial charge >= 0.3 is 0 Å². The van der Waals surface area contributed by atoms with Crippen molar-refractivity contribution in [1.29, 1.82) is 0 Å². The molecule has 4 nitrogen and oxygen atoms in total. The first-order chi connectivity index (χ1) is 12.0. The Morgan fingerprint density at radius 2 is 1.76 bits per heavy atom. The maximum atomic E-state index is 13.0. The fraction of sp³-hybridized carbons (Fsp3) is 0.0556. The van der Waals surface area contributed by atoms with Crippen LogP contribution in [0.1, 0.15) is 5.56 Å². The van der Waals surface area contributed by atoms with E-state index < -0.39 is 0 Å². The molecule has 0 aliphatic carbocycles. The Hall–Kier alpha value is -1.96.